The number of nitrogens with zero attached hydrogens (tertiary/aromatic N) is 1. The molecule has 5 nitrogen and oxygen atoms in total. The van der Waals surface area contributed by atoms with Gasteiger partial charge in [-0.1, -0.05) is 45.1 Å². The number of benzene rings is 1. The predicted molar refractivity (Wildman–Crippen MR) is 108 cm³/mol. The van der Waals surface area contributed by atoms with Crippen LogP contribution < -0.4 is 9.47 Å². The van der Waals surface area contributed by atoms with Gasteiger partial charge in [-0.05, 0) is 44.0 Å². The number of unbranched alkanes of at least 4 members (excludes halogenated alkanes) is 5. The number of ether oxygens (including phenoxy) is 3. The van der Waals surface area contributed by atoms with Gasteiger partial charge in [0.1, 0.15) is 0 Å². The van der Waals surface area contributed by atoms with Crippen molar-refractivity contribution in [3.63, 3.8) is 0 Å². The lowest BCUT2D eigenvalue weighted by molar-refractivity contribution is -0.138. The summed E-state index contributed by atoms with van der Waals surface area (Å²) >= 11 is 0. The molecule has 0 aromatic heterocycles. The Balaban J connectivity index is 2.66. The smallest absolute Gasteiger partial charge is 0.336 e. The first-order valence-corrected chi connectivity index (χ1v) is 9.82. The van der Waals surface area contributed by atoms with Gasteiger partial charge in [-0.25, -0.2) is 4.85 Å². The molecule has 1 rings (SSSR count). The highest BCUT2D eigenvalue weighted by Crippen LogP contribution is 2.29. The van der Waals surface area contributed by atoms with Crippen molar-refractivity contribution in [1.82, 2.24) is 0 Å². The number of rotatable bonds is 13. The minimum Gasteiger partial charge on any atom is -0.490 e. The van der Waals surface area contributed by atoms with E-state index in [0.29, 0.717) is 36.9 Å². The fraction of sp³-hybridized carbons (Fsp3) is 0.545. The minimum atomic E-state index is -0.578. The zero-order valence-corrected chi connectivity index (χ0v) is 16.8. The molecule has 0 unspecified atom stereocenters. The van der Waals surface area contributed by atoms with Crippen molar-refractivity contribution in [3.8, 4) is 11.5 Å². The maximum Gasteiger partial charge on any atom is 0.336 e. The molecule has 27 heavy (non-hydrogen) atoms. The fourth-order valence-electron chi connectivity index (χ4n) is 2.57. The van der Waals surface area contributed by atoms with Crippen LogP contribution in [0.3, 0.4) is 0 Å². The summed E-state index contributed by atoms with van der Waals surface area (Å²) in [5.74, 6) is 0.662. The third-order valence-corrected chi connectivity index (χ3v) is 3.93. The highest BCUT2D eigenvalue weighted by Gasteiger charge is 2.12. The van der Waals surface area contributed by atoms with Crippen molar-refractivity contribution < 1.29 is 19.0 Å². The van der Waals surface area contributed by atoms with Gasteiger partial charge in [0.15, 0.2) is 11.5 Å². The lowest BCUT2D eigenvalue weighted by Crippen LogP contribution is -2.07. The van der Waals surface area contributed by atoms with Crippen LogP contribution in [0, 0.1) is 6.57 Å². The molecule has 0 aliphatic carbocycles. The van der Waals surface area contributed by atoms with Crippen LogP contribution in [-0.2, 0) is 9.53 Å². The summed E-state index contributed by atoms with van der Waals surface area (Å²) in [6.07, 6.45) is 8.23. The Hall–Kier alpha value is -2.48. The molecule has 0 fully saturated rings. The molecule has 1 aromatic carbocycles. The highest BCUT2D eigenvalue weighted by atomic mass is 16.5. The number of hydrogen-bond acceptors (Lipinski definition) is 4. The van der Waals surface area contributed by atoms with E-state index < -0.39 is 5.97 Å². The summed E-state index contributed by atoms with van der Waals surface area (Å²) in [5.41, 5.74) is 0.664. The van der Waals surface area contributed by atoms with Gasteiger partial charge in [-0.3, -0.25) is 4.79 Å². The van der Waals surface area contributed by atoms with Crippen molar-refractivity contribution in [3.05, 3.63) is 40.9 Å². The van der Waals surface area contributed by atoms with E-state index >= 15 is 0 Å². The van der Waals surface area contributed by atoms with Crippen LogP contribution in [0.1, 0.15) is 64.9 Å². The summed E-state index contributed by atoms with van der Waals surface area (Å²) in [7, 11) is 0. The monoisotopic (exact) mass is 373 g/mol. The molecule has 148 valence electrons. The lowest BCUT2D eigenvalue weighted by atomic mass is 10.1. The van der Waals surface area contributed by atoms with E-state index in [0.717, 1.165) is 19.3 Å². The largest absolute Gasteiger partial charge is 0.490 e. The molecule has 0 spiro atoms. The Labute approximate surface area is 163 Å². The minimum absolute atomic E-state index is 0.0346. The molecule has 0 amide bonds. The molecule has 0 aliphatic heterocycles. The second-order valence-electron chi connectivity index (χ2n) is 6.12. The second-order valence-corrected chi connectivity index (χ2v) is 6.12. The molecule has 0 radical (unpaired) electrons. The van der Waals surface area contributed by atoms with Crippen LogP contribution in [0.25, 0.3) is 10.9 Å². The third kappa shape index (κ3) is 8.63. The number of esters is 1. The summed E-state index contributed by atoms with van der Waals surface area (Å²) in [4.78, 5) is 15.5. The highest BCUT2D eigenvalue weighted by molar-refractivity contribution is 5.95. The van der Waals surface area contributed by atoms with E-state index in [-0.39, 0.29) is 5.70 Å². The van der Waals surface area contributed by atoms with Crippen LogP contribution in [0.15, 0.2) is 23.9 Å². The summed E-state index contributed by atoms with van der Waals surface area (Å²) < 4.78 is 16.3. The van der Waals surface area contributed by atoms with Crippen molar-refractivity contribution in [2.75, 3.05) is 19.8 Å². The molecule has 0 saturated heterocycles. The first-order chi connectivity index (χ1) is 13.2. The molecule has 0 saturated carbocycles. The summed E-state index contributed by atoms with van der Waals surface area (Å²) in [6, 6.07) is 5.34. The molecule has 0 heterocycles. The van der Waals surface area contributed by atoms with E-state index in [9.17, 15) is 4.79 Å². The van der Waals surface area contributed by atoms with E-state index in [4.69, 9.17) is 20.8 Å². The van der Waals surface area contributed by atoms with Crippen LogP contribution in [-0.4, -0.2) is 25.8 Å². The number of carbonyl (C=O) groups is 1. The summed E-state index contributed by atoms with van der Waals surface area (Å²) in [5, 5.41) is 0. The van der Waals surface area contributed by atoms with Crippen LogP contribution in [0.2, 0.25) is 0 Å². The fourth-order valence-corrected chi connectivity index (χ4v) is 2.57. The topological polar surface area (TPSA) is 49.1 Å². The molecular formula is C22H31NO4. The van der Waals surface area contributed by atoms with Crippen molar-refractivity contribution in [1.29, 1.82) is 0 Å². The quantitative estimate of drug-likeness (QED) is 0.194. The van der Waals surface area contributed by atoms with Crippen LogP contribution in [0.4, 0.5) is 0 Å². The van der Waals surface area contributed by atoms with Gasteiger partial charge in [0.05, 0.1) is 26.4 Å². The van der Waals surface area contributed by atoms with Crippen molar-refractivity contribution in [2.24, 2.45) is 0 Å². The second kappa shape index (κ2) is 13.7. The first kappa shape index (κ1) is 22.6. The average Bonchev–Trinajstić information content (AvgIpc) is 2.67. The molecule has 0 aliphatic rings. The van der Waals surface area contributed by atoms with E-state index in [1.54, 1.807) is 18.2 Å². The van der Waals surface area contributed by atoms with Crippen molar-refractivity contribution in [2.45, 2.75) is 59.3 Å². The van der Waals surface area contributed by atoms with Crippen molar-refractivity contribution >= 4 is 12.0 Å². The zero-order chi connectivity index (χ0) is 19.9. The van der Waals surface area contributed by atoms with Gasteiger partial charge >= 0.3 is 5.97 Å². The normalized spacial score (nSPS) is 11.0. The zero-order valence-electron chi connectivity index (χ0n) is 16.8. The van der Waals surface area contributed by atoms with Crippen LogP contribution in [0.5, 0.6) is 11.5 Å². The Morgan fingerprint density at radius 3 is 2.33 bits per heavy atom. The van der Waals surface area contributed by atoms with Gasteiger partial charge in [0.2, 0.25) is 0 Å². The maximum atomic E-state index is 12.1. The van der Waals surface area contributed by atoms with Gasteiger partial charge in [0.25, 0.3) is 5.70 Å². The van der Waals surface area contributed by atoms with E-state index in [2.05, 4.69) is 11.8 Å². The SMILES string of the molecule is [C-]#[N+]/C(=C\c1ccc(OCC)c(OCC)c1)C(=O)OCCCCCCCC. The average molecular weight is 373 g/mol. The third-order valence-electron chi connectivity index (χ3n) is 3.93. The van der Waals surface area contributed by atoms with Gasteiger partial charge in [-0.2, -0.15) is 0 Å². The lowest BCUT2D eigenvalue weighted by Gasteiger charge is -2.11. The Bertz CT molecular complexity index is 646. The molecular weight excluding hydrogens is 342 g/mol. The van der Waals surface area contributed by atoms with E-state index in [1.807, 2.05) is 13.8 Å². The molecule has 5 heteroatoms. The molecule has 1 aromatic rings. The van der Waals surface area contributed by atoms with E-state index in [1.165, 1.54) is 25.3 Å². The van der Waals surface area contributed by atoms with Gasteiger partial charge in [0, 0.05) is 0 Å². The van der Waals surface area contributed by atoms with Gasteiger partial charge < -0.3 is 14.2 Å². The summed E-state index contributed by atoms with van der Waals surface area (Å²) in [6.45, 7) is 14.6. The van der Waals surface area contributed by atoms with Crippen LogP contribution >= 0.6 is 0 Å². The Morgan fingerprint density at radius 1 is 1.00 bits per heavy atom. The Kier molecular flexibility index (Phi) is 11.4. The first-order valence-electron chi connectivity index (χ1n) is 9.82. The maximum absolute atomic E-state index is 12.1. The molecule has 0 N–H and O–H groups in total. The predicted octanol–water partition coefficient (Wildman–Crippen LogP) is 5.65. The molecule has 0 bridgehead atoms. The van der Waals surface area contributed by atoms with Gasteiger partial charge in [-0.15, -0.1) is 0 Å². The number of hydrogen-bond donors (Lipinski definition) is 0. The Morgan fingerprint density at radius 2 is 1.67 bits per heavy atom. The standard InChI is InChI=1S/C22H31NO4/c1-5-8-9-10-11-12-15-27-22(24)19(23-4)16-18-13-14-20(25-6-2)21(17-18)26-7-3/h13-14,16-17H,5-12,15H2,1-3H3/b19-16-. The molecule has 0 atom stereocenters. The number of carbonyl (C=O) groups excluding carboxylic acids is 1.